The van der Waals surface area contributed by atoms with Gasteiger partial charge in [0.1, 0.15) is 0 Å². The maximum absolute atomic E-state index is 8.74. The molecule has 0 spiro atoms. The predicted molar refractivity (Wildman–Crippen MR) is 89.5 cm³/mol. The molecular weight excluding hydrogens is 350 g/mol. The molecule has 0 saturated carbocycles. The van der Waals surface area contributed by atoms with Gasteiger partial charge in [0.15, 0.2) is 0 Å². The largest absolute Gasteiger partial charge is 0.394 e. The van der Waals surface area contributed by atoms with Crippen molar-refractivity contribution in [2.75, 3.05) is 19.6 Å². The number of hydrogen-bond donors (Lipinski definition) is 4. The summed E-state index contributed by atoms with van der Waals surface area (Å²) in [6.45, 7) is 10.8. The molecule has 23 heavy (non-hydrogen) atoms. The molecule has 4 N–H and O–H groups in total. The Morgan fingerprint density at radius 3 is 0.913 bits per heavy atom. The fourth-order valence-corrected chi connectivity index (χ4v) is 1.48. The zero-order valence-electron chi connectivity index (χ0n) is 14.0. The third kappa shape index (κ3) is 61.5. The van der Waals surface area contributed by atoms with Crippen molar-refractivity contribution in [3.63, 3.8) is 0 Å². The summed E-state index contributed by atoms with van der Waals surface area (Å²) in [6, 6.07) is 0. The highest BCUT2D eigenvalue weighted by molar-refractivity contribution is 7.80. The molecule has 0 aromatic rings. The van der Waals surface area contributed by atoms with E-state index in [9.17, 15) is 0 Å². The topological polar surface area (TPSA) is 152 Å². The van der Waals surface area contributed by atoms with E-state index in [1.54, 1.807) is 0 Å². The lowest BCUT2D eigenvalue weighted by Crippen LogP contribution is -2.27. The quantitative estimate of drug-likeness (QED) is 0.441. The van der Waals surface area contributed by atoms with Crippen LogP contribution in [0.1, 0.15) is 59.3 Å². The van der Waals surface area contributed by atoms with E-state index in [0.29, 0.717) is 0 Å². The van der Waals surface area contributed by atoms with E-state index in [0.717, 1.165) is 0 Å². The molecule has 0 aliphatic heterocycles. The van der Waals surface area contributed by atoms with E-state index in [-0.39, 0.29) is 0 Å². The third-order valence-electron chi connectivity index (χ3n) is 2.48. The first-order valence-corrected chi connectivity index (χ1v) is 10.3. The zero-order chi connectivity index (χ0) is 18.9. The molecular formula is C12H31NO8S2. The normalized spacial score (nSPS) is 11.3. The first-order valence-electron chi connectivity index (χ1n) is 7.47. The highest BCUT2D eigenvalue weighted by Gasteiger charge is 2.01. The van der Waals surface area contributed by atoms with Gasteiger partial charge in [-0.2, -0.15) is 16.8 Å². The molecule has 0 bridgehead atoms. The number of rotatable bonds is 9. The van der Waals surface area contributed by atoms with E-state index in [1.807, 2.05) is 0 Å². The van der Waals surface area contributed by atoms with Gasteiger partial charge in [0.05, 0.1) is 0 Å². The van der Waals surface area contributed by atoms with Gasteiger partial charge in [0.25, 0.3) is 0 Å². The molecule has 0 heterocycles. The van der Waals surface area contributed by atoms with Crippen molar-refractivity contribution in [2.45, 2.75) is 59.3 Å². The molecule has 0 aromatic heterocycles. The standard InChI is InChI=1S/C12H27N.2H2O4S/c1-4-7-10-13(11-8-5-2)12-9-6-3;2*1-5(2,3)4/h4-12H2,1-3H3;2*(H2,1,2,3,4). The van der Waals surface area contributed by atoms with Gasteiger partial charge in [0.2, 0.25) is 0 Å². The van der Waals surface area contributed by atoms with Crippen LogP contribution in [0, 0.1) is 0 Å². The van der Waals surface area contributed by atoms with E-state index in [4.69, 9.17) is 35.0 Å². The van der Waals surface area contributed by atoms with Crippen molar-refractivity contribution < 1.29 is 35.0 Å². The lowest BCUT2D eigenvalue weighted by atomic mass is 10.2. The van der Waals surface area contributed by atoms with Crippen LogP contribution in [0.25, 0.3) is 0 Å². The van der Waals surface area contributed by atoms with Gasteiger partial charge >= 0.3 is 20.8 Å². The summed E-state index contributed by atoms with van der Waals surface area (Å²) < 4.78 is 63.2. The Kier molecular flexibility index (Phi) is 19.8. The minimum absolute atomic E-state index is 1.32. The first kappa shape index (κ1) is 27.5. The molecule has 0 atom stereocenters. The first-order chi connectivity index (χ1) is 10.3. The zero-order valence-corrected chi connectivity index (χ0v) is 15.7. The summed E-state index contributed by atoms with van der Waals surface area (Å²) in [4.78, 5) is 2.64. The summed E-state index contributed by atoms with van der Waals surface area (Å²) >= 11 is 0. The van der Waals surface area contributed by atoms with Gasteiger partial charge < -0.3 is 4.90 Å². The summed E-state index contributed by atoms with van der Waals surface area (Å²) in [7, 11) is -9.33. The third-order valence-corrected chi connectivity index (χ3v) is 2.48. The minimum Gasteiger partial charge on any atom is -0.303 e. The molecule has 0 unspecified atom stereocenters. The van der Waals surface area contributed by atoms with Crippen LogP contribution >= 0.6 is 0 Å². The Hall–Kier alpha value is -0.300. The monoisotopic (exact) mass is 381 g/mol. The van der Waals surface area contributed by atoms with Crippen LogP contribution in [0.2, 0.25) is 0 Å². The van der Waals surface area contributed by atoms with Crippen molar-refractivity contribution in [1.82, 2.24) is 4.90 Å². The minimum atomic E-state index is -4.67. The van der Waals surface area contributed by atoms with E-state index < -0.39 is 20.8 Å². The second-order valence-electron chi connectivity index (χ2n) is 4.80. The van der Waals surface area contributed by atoms with Gasteiger partial charge in [-0.05, 0) is 38.9 Å². The highest BCUT2D eigenvalue weighted by Crippen LogP contribution is 2.01. The Morgan fingerprint density at radius 1 is 0.609 bits per heavy atom. The van der Waals surface area contributed by atoms with Crippen LogP contribution in [0.5, 0.6) is 0 Å². The molecule has 11 heteroatoms. The predicted octanol–water partition coefficient (Wildman–Crippen LogP) is 2.38. The summed E-state index contributed by atoms with van der Waals surface area (Å²) in [5.41, 5.74) is 0. The molecule has 0 aromatic carbocycles. The number of hydrogen-bond acceptors (Lipinski definition) is 5. The Bertz CT molecular complexity index is 371. The van der Waals surface area contributed by atoms with Crippen LogP contribution in [-0.2, 0) is 20.8 Å². The fourth-order valence-electron chi connectivity index (χ4n) is 1.48. The van der Waals surface area contributed by atoms with Gasteiger partial charge in [-0.3, -0.25) is 18.2 Å². The van der Waals surface area contributed by atoms with Gasteiger partial charge in [-0.25, -0.2) is 0 Å². The molecule has 0 aliphatic carbocycles. The van der Waals surface area contributed by atoms with Crippen molar-refractivity contribution >= 4 is 20.8 Å². The molecule has 9 nitrogen and oxygen atoms in total. The summed E-state index contributed by atoms with van der Waals surface area (Å²) in [5.74, 6) is 0. The number of unbranched alkanes of at least 4 members (excludes halogenated alkanes) is 3. The molecule has 0 aliphatic rings. The van der Waals surface area contributed by atoms with Gasteiger partial charge in [-0.1, -0.05) is 40.0 Å². The lowest BCUT2D eigenvalue weighted by Gasteiger charge is -2.21. The summed E-state index contributed by atoms with van der Waals surface area (Å²) in [6.07, 6.45) is 8.09. The highest BCUT2D eigenvalue weighted by atomic mass is 32.3. The second kappa shape index (κ2) is 16.6. The molecule has 0 radical (unpaired) electrons. The van der Waals surface area contributed by atoms with Crippen LogP contribution < -0.4 is 0 Å². The van der Waals surface area contributed by atoms with Gasteiger partial charge in [-0.15, -0.1) is 0 Å². The SMILES string of the molecule is CCCCN(CCCC)CCCC.O=S(=O)(O)O.O=S(=O)(O)O. The van der Waals surface area contributed by atoms with Crippen LogP contribution in [0.15, 0.2) is 0 Å². The Balaban J connectivity index is -0.000000329. The average molecular weight is 382 g/mol. The fraction of sp³-hybridized carbons (Fsp3) is 1.00. The van der Waals surface area contributed by atoms with E-state index in [1.165, 1.54) is 58.2 Å². The maximum atomic E-state index is 8.74. The molecule has 0 saturated heterocycles. The molecule has 144 valence electrons. The smallest absolute Gasteiger partial charge is 0.303 e. The van der Waals surface area contributed by atoms with Crippen molar-refractivity contribution in [2.24, 2.45) is 0 Å². The molecule has 0 amide bonds. The van der Waals surface area contributed by atoms with Gasteiger partial charge in [0, 0.05) is 0 Å². The Labute approximate surface area is 140 Å². The average Bonchev–Trinajstić information content (AvgIpc) is 2.34. The number of nitrogens with zero attached hydrogens (tertiary/aromatic N) is 1. The van der Waals surface area contributed by atoms with Crippen LogP contribution in [0.3, 0.4) is 0 Å². The molecule has 0 rings (SSSR count). The Morgan fingerprint density at radius 2 is 0.783 bits per heavy atom. The summed E-state index contributed by atoms with van der Waals surface area (Å²) in [5, 5.41) is 0. The lowest BCUT2D eigenvalue weighted by molar-refractivity contribution is 0.261. The van der Waals surface area contributed by atoms with Crippen molar-refractivity contribution in [3.8, 4) is 0 Å². The van der Waals surface area contributed by atoms with Crippen molar-refractivity contribution in [1.29, 1.82) is 0 Å². The molecule has 0 fully saturated rings. The van der Waals surface area contributed by atoms with Crippen LogP contribution in [-0.4, -0.2) is 59.6 Å². The van der Waals surface area contributed by atoms with Crippen molar-refractivity contribution in [3.05, 3.63) is 0 Å². The van der Waals surface area contributed by atoms with Crippen LogP contribution in [0.4, 0.5) is 0 Å². The maximum Gasteiger partial charge on any atom is 0.394 e. The second-order valence-corrected chi connectivity index (χ2v) is 6.59. The van der Waals surface area contributed by atoms with E-state index in [2.05, 4.69) is 25.7 Å². The van der Waals surface area contributed by atoms with E-state index >= 15 is 0 Å².